The molecule has 1 aliphatic heterocycles. The molecule has 0 saturated carbocycles. The van der Waals surface area contributed by atoms with E-state index in [1.54, 1.807) is 0 Å². The van der Waals surface area contributed by atoms with E-state index in [0.29, 0.717) is 6.04 Å². The number of hydrogen-bond donors (Lipinski definition) is 1. The fraction of sp³-hybridized carbons (Fsp3) is 0.588. The summed E-state index contributed by atoms with van der Waals surface area (Å²) in [6.45, 7) is 11.8. The first-order valence-corrected chi connectivity index (χ1v) is 8.32. The molecule has 1 atom stereocenters. The van der Waals surface area contributed by atoms with Crippen LogP contribution < -0.4 is 5.32 Å². The molecular formula is C17H27N3S. The van der Waals surface area contributed by atoms with Crippen LogP contribution in [0.2, 0.25) is 0 Å². The van der Waals surface area contributed by atoms with Crippen molar-refractivity contribution in [1.29, 1.82) is 0 Å². The average molecular weight is 305 g/mol. The highest BCUT2D eigenvalue weighted by molar-refractivity contribution is 7.80. The third kappa shape index (κ3) is 4.97. The molecule has 2 rings (SSSR count). The van der Waals surface area contributed by atoms with Gasteiger partial charge in [-0.3, -0.25) is 4.90 Å². The van der Waals surface area contributed by atoms with Gasteiger partial charge in [0.15, 0.2) is 5.11 Å². The fourth-order valence-electron chi connectivity index (χ4n) is 2.58. The van der Waals surface area contributed by atoms with Crippen molar-refractivity contribution in [2.75, 3.05) is 26.2 Å². The predicted octanol–water partition coefficient (Wildman–Crippen LogP) is 2.79. The van der Waals surface area contributed by atoms with Gasteiger partial charge in [-0.25, -0.2) is 0 Å². The van der Waals surface area contributed by atoms with Gasteiger partial charge in [-0.2, -0.15) is 0 Å². The molecule has 21 heavy (non-hydrogen) atoms. The fourth-order valence-corrected chi connectivity index (χ4v) is 2.97. The Labute approximate surface area is 134 Å². The van der Waals surface area contributed by atoms with E-state index in [1.807, 2.05) is 0 Å². The van der Waals surface area contributed by atoms with Crippen LogP contribution in [0.25, 0.3) is 0 Å². The Hall–Kier alpha value is -1.13. The molecule has 1 aliphatic rings. The SMILES string of the molecule is CCC(C)NC(=S)N1CCN(Cc2cccc(C)c2)CC1. The third-order valence-corrected chi connectivity index (χ3v) is 4.51. The van der Waals surface area contributed by atoms with Crippen molar-refractivity contribution in [2.45, 2.75) is 39.8 Å². The van der Waals surface area contributed by atoms with Gasteiger partial charge in [0, 0.05) is 38.8 Å². The van der Waals surface area contributed by atoms with Crippen molar-refractivity contribution in [1.82, 2.24) is 15.1 Å². The molecule has 1 unspecified atom stereocenters. The minimum Gasteiger partial charge on any atom is -0.360 e. The second-order valence-electron chi connectivity index (χ2n) is 6.01. The molecule has 0 radical (unpaired) electrons. The predicted molar refractivity (Wildman–Crippen MR) is 93.5 cm³/mol. The second-order valence-corrected chi connectivity index (χ2v) is 6.40. The average Bonchev–Trinajstić information content (AvgIpc) is 2.47. The third-order valence-electron chi connectivity index (χ3n) is 4.13. The van der Waals surface area contributed by atoms with Gasteiger partial charge < -0.3 is 10.2 Å². The molecule has 1 fully saturated rings. The van der Waals surface area contributed by atoms with E-state index >= 15 is 0 Å². The Morgan fingerprint density at radius 1 is 1.29 bits per heavy atom. The number of hydrogen-bond acceptors (Lipinski definition) is 2. The largest absolute Gasteiger partial charge is 0.360 e. The number of aryl methyl sites for hydroxylation is 1. The Balaban J connectivity index is 1.79. The van der Waals surface area contributed by atoms with Crippen molar-refractivity contribution in [3.05, 3.63) is 35.4 Å². The number of piperazine rings is 1. The van der Waals surface area contributed by atoms with Crippen LogP contribution in [-0.4, -0.2) is 47.1 Å². The molecule has 116 valence electrons. The quantitative estimate of drug-likeness (QED) is 0.862. The summed E-state index contributed by atoms with van der Waals surface area (Å²) in [4.78, 5) is 4.81. The number of nitrogens with one attached hydrogen (secondary N) is 1. The van der Waals surface area contributed by atoms with Crippen LogP contribution in [-0.2, 0) is 6.54 Å². The van der Waals surface area contributed by atoms with E-state index in [9.17, 15) is 0 Å². The van der Waals surface area contributed by atoms with Crippen LogP contribution >= 0.6 is 12.2 Å². The smallest absolute Gasteiger partial charge is 0.169 e. The molecule has 1 aromatic carbocycles. The van der Waals surface area contributed by atoms with E-state index in [1.165, 1.54) is 11.1 Å². The van der Waals surface area contributed by atoms with Crippen LogP contribution in [0.15, 0.2) is 24.3 Å². The zero-order valence-electron chi connectivity index (χ0n) is 13.4. The van der Waals surface area contributed by atoms with Gasteiger partial charge in [0.2, 0.25) is 0 Å². The monoisotopic (exact) mass is 305 g/mol. The molecule has 4 heteroatoms. The van der Waals surface area contributed by atoms with Crippen LogP contribution in [0.1, 0.15) is 31.4 Å². The molecule has 3 nitrogen and oxygen atoms in total. The first-order valence-electron chi connectivity index (χ1n) is 7.92. The highest BCUT2D eigenvalue weighted by atomic mass is 32.1. The zero-order valence-corrected chi connectivity index (χ0v) is 14.2. The van der Waals surface area contributed by atoms with E-state index in [4.69, 9.17) is 12.2 Å². The lowest BCUT2D eigenvalue weighted by atomic mass is 10.1. The van der Waals surface area contributed by atoms with Gasteiger partial charge in [0.05, 0.1) is 0 Å². The van der Waals surface area contributed by atoms with Gasteiger partial charge in [-0.15, -0.1) is 0 Å². The summed E-state index contributed by atoms with van der Waals surface area (Å²) >= 11 is 5.50. The summed E-state index contributed by atoms with van der Waals surface area (Å²) in [5.41, 5.74) is 2.74. The minimum atomic E-state index is 0.461. The van der Waals surface area contributed by atoms with Gasteiger partial charge >= 0.3 is 0 Å². The summed E-state index contributed by atoms with van der Waals surface area (Å²) in [6.07, 6.45) is 1.10. The van der Waals surface area contributed by atoms with E-state index < -0.39 is 0 Å². The maximum Gasteiger partial charge on any atom is 0.169 e. The Bertz CT molecular complexity index is 467. The standard InChI is InChI=1S/C17H27N3S/c1-4-15(3)18-17(21)20-10-8-19(9-11-20)13-16-7-5-6-14(2)12-16/h5-7,12,15H,4,8-11,13H2,1-3H3,(H,18,21). The van der Waals surface area contributed by atoms with Crippen molar-refractivity contribution in [3.63, 3.8) is 0 Å². The molecule has 0 aromatic heterocycles. The maximum atomic E-state index is 5.50. The molecule has 0 amide bonds. The number of thiocarbonyl (C=S) groups is 1. The topological polar surface area (TPSA) is 18.5 Å². The van der Waals surface area contributed by atoms with Crippen molar-refractivity contribution in [3.8, 4) is 0 Å². The molecule has 1 aromatic rings. The Morgan fingerprint density at radius 2 is 2.00 bits per heavy atom. The van der Waals surface area contributed by atoms with Gasteiger partial charge in [0.1, 0.15) is 0 Å². The highest BCUT2D eigenvalue weighted by Crippen LogP contribution is 2.10. The zero-order chi connectivity index (χ0) is 15.2. The van der Waals surface area contributed by atoms with Crippen molar-refractivity contribution >= 4 is 17.3 Å². The maximum absolute atomic E-state index is 5.50. The summed E-state index contributed by atoms with van der Waals surface area (Å²) in [6, 6.07) is 9.26. The van der Waals surface area contributed by atoms with E-state index in [0.717, 1.165) is 44.3 Å². The van der Waals surface area contributed by atoms with Crippen LogP contribution in [0, 0.1) is 6.92 Å². The summed E-state index contributed by atoms with van der Waals surface area (Å²) in [5, 5.41) is 4.33. The Kier molecular flexibility index (Phi) is 6.00. The van der Waals surface area contributed by atoms with Gasteiger partial charge in [0.25, 0.3) is 0 Å². The summed E-state index contributed by atoms with van der Waals surface area (Å²) < 4.78 is 0. The summed E-state index contributed by atoms with van der Waals surface area (Å²) in [7, 11) is 0. The molecule has 1 N–H and O–H groups in total. The van der Waals surface area contributed by atoms with E-state index in [2.05, 4.69) is 60.2 Å². The lowest BCUT2D eigenvalue weighted by Crippen LogP contribution is -2.52. The van der Waals surface area contributed by atoms with Crippen LogP contribution in [0.3, 0.4) is 0 Å². The minimum absolute atomic E-state index is 0.461. The lowest BCUT2D eigenvalue weighted by Gasteiger charge is -2.37. The normalized spacial score (nSPS) is 17.6. The second kappa shape index (κ2) is 7.76. The van der Waals surface area contributed by atoms with Gasteiger partial charge in [-0.05, 0) is 38.0 Å². The molecule has 0 aliphatic carbocycles. The van der Waals surface area contributed by atoms with Crippen LogP contribution in [0.4, 0.5) is 0 Å². The first-order chi connectivity index (χ1) is 10.1. The van der Waals surface area contributed by atoms with E-state index in [-0.39, 0.29) is 0 Å². The molecule has 1 saturated heterocycles. The number of benzene rings is 1. The summed E-state index contributed by atoms with van der Waals surface area (Å²) in [5.74, 6) is 0. The molecule has 0 spiro atoms. The first kappa shape index (κ1) is 16.2. The number of rotatable bonds is 4. The lowest BCUT2D eigenvalue weighted by molar-refractivity contribution is 0.174. The Morgan fingerprint density at radius 3 is 2.62 bits per heavy atom. The van der Waals surface area contributed by atoms with Crippen molar-refractivity contribution in [2.24, 2.45) is 0 Å². The molecule has 0 bridgehead atoms. The van der Waals surface area contributed by atoms with Crippen molar-refractivity contribution < 1.29 is 0 Å². The highest BCUT2D eigenvalue weighted by Gasteiger charge is 2.19. The van der Waals surface area contributed by atoms with Crippen LogP contribution in [0.5, 0.6) is 0 Å². The number of nitrogens with zero attached hydrogens (tertiary/aromatic N) is 2. The molecule has 1 heterocycles. The van der Waals surface area contributed by atoms with Gasteiger partial charge in [-0.1, -0.05) is 36.8 Å². The molecular weight excluding hydrogens is 278 g/mol.